The first-order valence-corrected chi connectivity index (χ1v) is 7.81. The molecule has 5 rings (SSSR count). The van der Waals surface area contributed by atoms with Crippen molar-refractivity contribution in [2.24, 2.45) is 5.92 Å². The second-order valence-electron chi connectivity index (χ2n) is 6.60. The van der Waals surface area contributed by atoms with E-state index in [1.807, 2.05) is 24.3 Å². The minimum atomic E-state index is 0.104. The van der Waals surface area contributed by atoms with E-state index in [4.69, 9.17) is 0 Å². The largest absolute Gasteiger partial charge is 0.317 e. The molecule has 5 heteroatoms. The normalized spacial score (nSPS) is 33.8. The number of likely N-dealkylation sites (tertiary alicyclic amines) is 1. The van der Waals surface area contributed by atoms with Gasteiger partial charge in [0.1, 0.15) is 0 Å². The molecule has 3 fully saturated rings. The van der Waals surface area contributed by atoms with Gasteiger partial charge in [-0.15, -0.1) is 0 Å². The fourth-order valence-corrected chi connectivity index (χ4v) is 4.54. The number of aromatic amines is 1. The van der Waals surface area contributed by atoms with Gasteiger partial charge in [0, 0.05) is 24.5 Å². The van der Waals surface area contributed by atoms with Gasteiger partial charge in [0.15, 0.2) is 5.69 Å². The van der Waals surface area contributed by atoms with Gasteiger partial charge >= 0.3 is 0 Å². The number of para-hydroxylation sites is 1. The van der Waals surface area contributed by atoms with Gasteiger partial charge in [0.05, 0.1) is 11.7 Å². The maximum atomic E-state index is 13.1. The van der Waals surface area contributed by atoms with Crippen LogP contribution in [0.25, 0.3) is 10.9 Å². The van der Waals surface area contributed by atoms with E-state index in [-0.39, 0.29) is 5.91 Å². The van der Waals surface area contributed by atoms with Crippen LogP contribution in [0, 0.1) is 5.92 Å². The fraction of sp³-hybridized carbons (Fsp3) is 0.500. The van der Waals surface area contributed by atoms with Crippen molar-refractivity contribution in [3.8, 4) is 0 Å². The first kappa shape index (κ1) is 11.7. The summed E-state index contributed by atoms with van der Waals surface area (Å²) in [5.41, 5.74) is 1.52. The number of H-pyrrole nitrogens is 1. The molecule has 0 saturated carbocycles. The first-order chi connectivity index (χ1) is 10.3. The van der Waals surface area contributed by atoms with Gasteiger partial charge in [-0.2, -0.15) is 5.10 Å². The molecule has 21 heavy (non-hydrogen) atoms. The molecule has 0 aliphatic carbocycles. The maximum absolute atomic E-state index is 13.1. The molecule has 2 aromatic rings. The van der Waals surface area contributed by atoms with Gasteiger partial charge in [-0.1, -0.05) is 18.2 Å². The molecule has 3 bridgehead atoms. The number of hydrogen-bond acceptors (Lipinski definition) is 3. The Kier molecular flexibility index (Phi) is 2.28. The monoisotopic (exact) mass is 282 g/mol. The Morgan fingerprint density at radius 3 is 3.10 bits per heavy atom. The van der Waals surface area contributed by atoms with Crippen molar-refractivity contribution < 1.29 is 4.79 Å². The molecule has 1 amide bonds. The van der Waals surface area contributed by atoms with Crippen LogP contribution < -0.4 is 0 Å². The number of aromatic nitrogens is 2. The lowest BCUT2D eigenvalue weighted by Gasteiger charge is -2.35. The minimum Gasteiger partial charge on any atom is -0.317 e. The summed E-state index contributed by atoms with van der Waals surface area (Å²) >= 11 is 0. The Morgan fingerprint density at radius 1 is 1.24 bits per heavy atom. The minimum absolute atomic E-state index is 0.104. The number of piperidine rings is 2. The molecule has 4 heterocycles. The van der Waals surface area contributed by atoms with Crippen molar-refractivity contribution in [3.63, 3.8) is 0 Å². The lowest BCUT2D eigenvalue weighted by molar-refractivity contribution is 0.0546. The number of nitrogens with one attached hydrogen (secondary N) is 1. The number of hydrogen-bond donors (Lipinski definition) is 1. The van der Waals surface area contributed by atoms with Crippen LogP contribution in [-0.4, -0.2) is 51.2 Å². The topological polar surface area (TPSA) is 52.2 Å². The smallest absolute Gasteiger partial charge is 0.276 e. The maximum Gasteiger partial charge on any atom is 0.276 e. The summed E-state index contributed by atoms with van der Waals surface area (Å²) < 4.78 is 0. The molecule has 108 valence electrons. The molecular formula is C16H18N4O. The van der Waals surface area contributed by atoms with E-state index < -0.39 is 0 Å². The predicted molar refractivity (Wildman–Crippen MR) is 78.8 cm³/mol. The summed E-state index contributed by atoms with van der Waals surface area (Å²) in [4.78, 5) is 17.7. The van der Waals surface area contributed by atoms with Gasteiger partial charge in [-0.3, -0.25) is 14.8 Å². The predicted octanol–water partition coefficient (Wildman–Crippen LogP) is 1.83. The average molecular weight is 282 g/mol. The van der Waals surface area contributed by atoms with Crippen molar-refractivity contribution in [1.29, 1.82) is 0 Å². The summed E-state index contributed by atoms with van der Waals surface area (Å²) in [5, 5.41) is 8.22. The van der Waals surface area contributed by atoms with E-state index in [1.54, 1.807) is 0 Å². The SMILES string of the molecule is O=C(c1n[nH]c2ccccc12)N1C2CC3CC[C@@H]1N(C3)C2. The van der Waals surface area contributed by atoms with Gasteiger partial charge in [-0.25, -0.2) is 0 Å². The summed E-state index contributed by atoms with van der Waals surface area (Å²) in [6, 6.07) is 8.26. The van der Waals surface area contributed by atoms with Gasteiger partial charge in [-0.05, 0) is 31.2 Å². The van der Waals surface area contributed by atoms with Crippen molar-refractivity contribution in [2.45, 2.75) is 31.5 Å². The van der Waals surface area contributed by atoms with Gasteiger partial charge in [0.2, 0.25) is 0 Å². The van der Waals surface area contributed by atoms with Crippen LogP contribution in [-0.2, 0) is 0 Å². The van der Waals surface area contributed by atoms with Crippen LogP contribution in [0.3, 0.4) is 0 Å². The molecule has 3 saturated heterocycles. The Labute approximate surface area is 122 Å². The number of carbonyl (C=O) groups is 1. The third kappa shape index (κ3) is 1.55. The zero-order valence-electron chi connectivity index (χ0n) is 11.8. The van der Waals surface area contributed by atoms with E-state index in [2.05, 4.69) is 20.0 Å². The third-order valence-corrected chi connectivity index (χ3v) is 5.42. The highest BCUT2D eigenvalue weighted by atomic mass is 16.2. The molecule has 1 aromatic heterocycles. The van der Waals surface area contributed by atoms with E-state index in [0.717, 1.165) is 29.8 Å². The van der Waals surface area contributed by atoms with E-state index >= 15 is 0 Å². The molecule has 1 aromatic carbocycles. The highest BCUT2D eigenvalue weighted by Crippen LogP contribution is 2.41. The van der Waals surface area contributed by atoms with Crippen LogP contribution in [0.1, 0.15) is 29.8 Å². The second-order valence-corrected chi connectivity index (χ2v) is 6.60. The molecule has 3 aliphatic heterocycles. The lowest BCUT2D eigenvalue weighted by atomic mass is 9.89. The molecule has 1 N–H and O–H groups in total. The molecule has 0 radical (unpaired) electrons. The summed E-state index contributed by atoms with van der Waals surface area (Å²) in [7, 11) is 0. The van der Waals surface area contributed by atoms with Crippen LogP contribution in [0.4, 0.5) is 0 Å². The average Bonchev–Trinajstić information content (AvgIpc) is 2.99. The number of fused-ring (bicyclic) bond motifs is 3. The molecular weight excluding hydrogens is 264 g/mol. The number of carbonyl (C=O) groups excluding carboxylic acids is 1. The lowest BCUT2D eigenvalue weighted by Crippen LogP contribution is -2.45. The molecule has 3 aliphatic rings. The van der Waals surface area contributed by atoms with Crippen molar-refractivity contribution >= 4 is 16.8 Å². The first-order valence-electron chi connectivity index (χ1n) is 7.81. The Hall–Kier alpha value is -1.88. The Morgan fingerprint density at radius 2 is 2.14 bits per heavy atom. The fourth-order valence-electron chi connectivity index (χ4n) is 4.54. The summed E-state index contributed by atoms with van der Waals surface area (Å²) in [5.74, 6) is 0.890. The van der Waals surface area contributed by atoms with Crippen molar-refractivity contribution in [2.75, 3.05) is 13.1 Å². The molecule has 0 spiro atoms. The summed E-state index contributed by atoms with van der Waals surface area (Å²) in [6.45, 7) is 2.22. The molecule has 3 unspecified atom stereocenters. The zero-order valence-corrected chi connectivity index (χ0v) is 11.8. The van der Waals surface area contributed by atoms with Gasteiger partial charge < -0.3 is 4.90 Å². The van der Waals surface area contributed by atoms with Crippen LogP contribution >= 0.6 is 0 Å². The van der Waals surface area contributed by atoms with Crippen molar-refractivity contribution in [1.82, 2.24) is 20.0 Å². The van der Waals surface area contributed by atoms with Crippen LogP contribution in [0.5, 0.6) is 0 Å². The third-order valence-electron chi connectivity index (χ3n) is 5.42. The van der Waals surface area contributed by atoms with Crippen LogP contribution in [0.2, 0.25) is 0 Å². The summed E-state index contributed by atoms with van der Waals surface area (Å²) in [6.07, 6.45) is 3.86. The highest BCUT2D eigenvalue weighted by molar-refractivity contribution is 6.05. The number of amides is 1. The number of benzene rings is 1. The second kappa shape index (κ2) is 4.07. The Balaban J connectivity index is 1.57. The molecule has 5 nitrogen and oxygen atoms in total. The standard InChI is InChI=1S/C16H18N4O/c21-16(15-12-3-1-2-4-13(12)17-18-15)20-11-7-10-5-6-14(20)19(8-10)9-11/h1-4,10-11,14H,5-9H2,(H,17,18)/t10?,11?,14-/m1/s1. The quantitative estimate of drug-likeness (QED) is 0.868. The van der Waals surface area contributed by atoms with Crippen LogP contribution in [0.15, 0.2) is 24.3 Å². The number of nitrogens with zero attached hydrogens (tertiary/aromatic N) is 3. The van der Waals surface area contributed by atoms with Crippen molar-refractivity contribution in [3.05, 3.63) is 30.0 Å². The number of rotatable bonds is 1. The Bertz CT molecular complexity index is 724. The van der Waals surface area contributed by atoms with E-state index in [0.29, 0.717) is 17.9 Å². The van der Waals surface area contributed by atoms with Gasteiger partial charge in [0.25, 0.3) is 5.91 Å². The molecule has 4 atom stereocenters. The van der Waals surface area contributed by atoms with E-state index in [1.165, 1.54) is 19.4 Å². The zero-order chi connectivity index (χ0) is 14.0. The highest BCUT2D eigenvalue weighted by Gasteiger charge is 2.50. The van der Waals surface area contributed by atoms with E-state index in [9.17, 15) is 4.79 Å².